The molecule has 0 aromatic carbocycles. The van der Waals surface area contributed by atoms with Crippen LogP contribution in [-0.4, -0.2) is 74.9 Å². The summed E-state index contributed by atoms with van der Waals surface area (Å²) >= 11 is 0. The molecule has 0 amide bonds. The molecule has 0 aliphatic rings. The minimum Gasteiger partial charge on any atom is -0.462 e. The summed E-state index contributed by atoms with van der Waals surface area (Å²) in [6.07, 6.45) is 106. The lowest BCUT2D eigenvalue weighted by Crippen LogP contribution is -2.37. The minimum absolute atomic E-state index is 0.0297. The van der Waals surface area contributed by atoms with Crippen molar-refractivity contribution in [2.75, 3.05) is 47.5 Å². The number of hydrogen-bond acceptors (Lipinski definition) is 7. The predicted octanol–water partition coefficient (Wildman–Crippen LogP) is 26.2. The highest BCUT2D eigenvalue weighted by Crippen LogP contribution is 2.43. The Labute approximate surface area is 581 Å². The molecule has 2 atom stereocenters. The van der Waals surface area contributed by atoms with Gasteiger partial charge in [0.15, 0.2) is 6.10 Å². The van der Waals surface area contributed by atoms with Crippen molar-refractivity contribution in [2.24, 2.45) is 0 Å². The van der Waals surface area contributed by atoms with Gasteiger partial charge in [0.25, 0.3) is 0 Å². The molecular weight excluding hydrogens is 1180 g/mol. The maximum absolute atomic E-state index is 12.9. The van der Waals surface area contributed by atoms with Crippen molar-refractivity contribution >= 4 is 19.8 Å². The fraction of sp³-hybridized carbons (Fsp3) is 0.738. The van der Waals surface area contributed by atoms with Gasteiger partial charge in [-0.3, -0.25) is 18.6 Å². The summed E-state index contributed by atoms with van der Waals surface area (Å²) in [7, 11) is 1.48. The van der Waals surface area contributed by atoms with Crippen molar-refractivity contribution in [3.05, 3.63) is 122 Å². The van der Waals surface area contributed by atoms with Gasteiger partial charge in [-0.2, -0.15) is 0 Å². The first-order valence-corrected chi connectivity index (χ1v) is 40.8. The molecule has 0 aromatic heterocycles. The standard InChI is InChI=1S/C84H148NO8P/c1-6-8-10-12-14-16-18-20-22-24-26-28-30-32-34-36-37-38-39-40-41-42-43-44-45-46-47-49-51-53-55-57-59-61-63-65-67-69-71-73-75-77-84(87)93-82(81-92-94(88,89)91-79-78-85(3,4)5)80-90-83(86)76-74-72-70-68-66-64-62-60-58-56-54-52-50-48-35-33-31-29-27-25-23-21-19-17-15-13-11-9-7-2/h8,10,14,16,19-22,25-28,32,34,37-38,40-41,43-44,82H,6-7,9,11-13,15,17-18,23-24,29-31,33,35-36,39,42,45-81H2,1-5H3/p+1/b10-8-,16-14-,21-19-,22-20-,27-25-,28-26-,34-32-,38-37-,41-40-,44-43-. The van der Waals surface area contributed by atoms with Crippen LogP contribution in [0.2, 0.25) is 0 Å². The highest BCUT2D eigenvalue weighted by molar-refractivity contribution is 7.47. The van der Waals surface area contributed by atoms with E-state index in [1.807, 2.05) is 21.1 Å². The molecule has 1 N–H and O–H groups in total. The largest absolute Gasteiger partial charge is 0.472 e. The molecule has 0 saturated heterocycles. The summed E-state index contributed by atoms with van der Waals surface area (Å²) in [6, 6.07) is 0. The number of esters is 2. The Morgan fingerprint density at radius 3 is 0.904 bits per heavy atom. The number of nitrogens with zero attached hydrogens (tertiary/aromatic N) is 1. The highest BCUT2D eigenvalue weighted by Gasteiger charge is 2.27. The maximum Gasteiger partial charge on any atom is 0.472 e. The van der Waals surface area contributed by atoms with Gasteiger partial charge in [0.2, 0.25) is 0 Å². The second-order valence-electron chi connectivity index (χ2n) is 27.4. The molecule has 0 aromatic rings. The first kappa shape index (κ1) is 90.4. The van der Waals surface area contributed by atoms with Crippen molar-refractivity contribution < 1.29 is 42.1 Å². The van der Waals surface area contributed by atoms with Crippen molar-refractivity contribution in [3.8, 4) is 0 Å². The monoisotopic (exact) mass is 1330 g/mol. The van der Waals surface area contributed by atoms with Crippen LogP contribution >= 0.6 is 7.82 Å². The third kappa shape index (κ3) is 77.4. The Bertz CT molecular complexity index is 2010. The highest BCUT2D eigenvalue weighted by atomic mass is 31.2. The van der Waals surface area contributed by atoms with Crippen LogP contribution in [0.3, 0.4) is 0 Å². The van der Waals surface area contributed by atoms with Crippen LogP contribution in [0.25, 0.3) is 0 Å². The zero-order valence-corrected chi connectivity index (χ0v) is 62.8. The Kier molecular flexibility index (Phi) is 70.8. The van der Waals surface area contributed by atoms with Gasteiger partial charge in [0.05, 0.1) is 27.7 Å². The number of unbranched alkanes of at least 4 members (excludes halogenated alkanes) is 38. The van der Waals surface area contributed by atoms with Crippen LogP contribution < -0.4 is 0 Å². The molecule has 0 aliphatic carbocycles. The zero-order chi connectivity index (χ0) is 68.3. The summed E-state index contributed by atoms with van der Waals surface area (Å²) in [6.45, 7) is 4.35. The summed E-state index contributed by atoms with van der Waals surface area (Å²) in [5.41, 5.74) is 0. The molecule has 0 spiro atoms. The minimum atomic E-state index is -4.40. The molecule has 0 bridgehead atoms. The molecule has 0 radical (unpaired) electrons. The van der Waals surface area contributed by atoms with Gasteiger partial charge in [-0.15, -0.1) is 0 Å². The normalized spacial score (nSPS) is 13.7. The van der Waals surface area contributed by atoms with Crippen LogP contribution in [0.1, 0.15) is 348 Å². The van der Waals surface area contributed by atoms with Crippen LogP contribution in [0, 0.1) is 0 Å². The van der Waals surface area contributed by atoms with Gasteiger partial charge in [0, 0.05) is 12.8 Å². The molecule has 2 unspecified atom stereocenters. The average Bonchev–Trinajstić information content (AvgIpc) is 1.57. The molecule has 0 aliphatic heterocycles. The summed E-state index contributed by atoms with van der Waals surface area (Å²) in [4.78, 5) is 36.0. The molecule has 0 fully saturated rings. The van der Waals surface area contributed by atoms with Crippen molar-refractivity contribution in [3.63, 3.8) is 0 Å². The van der Waals surface area contributed by atoms with Gasteiger partial charge in [-0.05, 0) is 109 Å². The Balaban J connectivity index is 3.98. The second-order valence-corrected chi connectivity index (χ2v) is 28.8. The van der Waals surface area contributed by atoms with Gasteiger partial charge < -0.3 is 18.9 Å². The molecule has 10 heteroatoms. The van der Waals surface area contributed by atoms with Crippen LogP contribution in [-0.2, 0) is 32.7 Å². The van der Waals surface area contributed by atoms with Gasteiger partial charge in [-0.1, -0.05) is 347 Å². The topological polar surface area (TPSA) is 108 Å². The predicted molar refractivity (Wildman–Crippen MR) is 408 cm³/mol. The van der Waals surface area contributed by atoms with Crippen molar-refractivity contribution in [1.82, 2.24) is 0 Å². The van der Waals surface area contributed by atoms with E-state index in [-0.39, 0.29) is 32.0 Å². The first-order valence-electron chi connectivity index (χ1n) is 39.3. The average molecular weight is 1330 g/mol. The molecule has 542 valence electrons. The summed E-state index contributed by atoms with van der Waals surface area (Å²) in [5, 5.41) is 0. The Hall–Kier alpha value is -3.59. The fourth-order valence-corrected chi connectivity index (χ4v) is 11.7. The molecule has 0 heterocycles. The zero-order valence-electron chi connectivity index (χ0n) is 61.9. The quantitative estimate of drug-likeness (QED) is 0.0211. The van der Waals surface area contributed by atoms with Gasteiger partial charge >= 0.3 is 19.8 Å². The smallest absolute Gasteiger partial charge is 0.462 e. The third-order valence-electron chi connectivity index (χ3n) is 17.0. The third-order valence-corrected chi connectivity index (χ3v) is 18.0. The number of phosphoric ester groups is 1. The number of ether oxygens (including phenoxy) is 2. The van der Waals surface area contributed by atoms with Gasteiger partial charge in [-0.25, -0.2) is 4.57 Å². The number of likely N-dealkylation sites (N-methyl/N-ethyl adjacent to an activating group) is 1. The van der Waals surface area contributed by atoms with E-state index in [0.29, 0.717) is 17.4 Å². The number of carbonyl (C=O) groups excluding carboxylic acids is 2. The van der Waals surface area contributed by atoms with E-state index in [1.54, 1.807) is 0 Å². The van der Waals surface area contributed by atoms with Crippen molar-refractivity contribution in [2.45, 2.75) is 354 Å². The van der Waals surface area contributed by atoms with Crippen LogP contribution in [0.5, 0.6) is 0 Å². The molecular formula is C84H149NO8P+. The second kappa shape index (κ2) is 73.7. The number of quaternary nitrogens is 1. The number of hydrogen-bond donors (Lipinski definition) is 1. The van der Waals surface area contributed by atoms with E-state index >= 15 is 0 Å². The van der Waals surface area contributed by atoms with E-state index in [0.717, 1.165) is 96.3 Å². The first-order chi connectivity index (χ1) is 46.0. The fourth-order valence-electron chi connectivity index (χ4n) is 11.0. The van der Waals surface area contributed by atoms with E-state index in [1.165, 1.54) is 218 Å². The lowest BCUT2D eigenvalue weighted by Gasteiger charge is -2.24. The molecule has 94 heavy (non-hydrogen) atoms. The molecule has 9 nitrogen and oxygen atoms in total. The Morgan fingerprint density at radius 1 is 0.340 bits per heavy atom. The van der Waals surface area contributed by atoms with E-state index in [9.17, 15) is 19.0 Å². The molecule has 0 rings (SSSR count). The van der Waals surface area contributed by atoms with Crippen LogP contribution in [0.4, 0.5) is 0 Å². The SMILES string of the molecule is CC/C=C\C/C=C\C/C=C\C/C=C\C/C=C\C/C=C\C/C=C\C/C=C\CCCCCCCCCCCCCCCCCCC(=O)OC(COC(=O)CCCCCCCCCCCCCCCCCCC/C=C\C/C=C\CCCCCCC)COP(=O)(O)OCC[N+](C)(C)C. The Morgan fingerprint density at radius 2 is 0.606 bits per heavy atom. The number of rotatable bonds is 72. The summed E-state index contributed by atoms with van der Waals surface area (Å²) < 4.78 is 34.8. The number of phosphoric acid groups is 1. The van der Waals surface area contributed by atoms with E-state index < -0.39 is 26.5 Å². The summed E-state index contributed by atoms with van der Waals surface area (Å²) in [5.74, 6) is -0.786. The van der Waals surface area contributed by atoms with E-state index in [4.69, 9.17) is 18.5 Å². The van der Waals surface area contributed by atoms with Crippen molar-refractivity contribution in [1.29, 1.82) is 0 Å². The lowest BCUT2D eigenvalue weighted by atomic mass is 10.0. The van der Waals surface area contributed by atoms with Gasteiger partial charge in [0.1, 0.15) is 19.8 Å². The lowest BCUT2D eigenvalue weighted by molar-refractivity contribution is -0.870. The van der Waals surface area contributed by atoms with Crippen LogP contribution in [0.15, 0.2) is 122 Å². The molecule has 0 saturated carbocycles. The number of carbonyl (C=O) groups is 2. The van der Waals surface area contributed by atoms with E-state index in [2.05, 4.69) is 135 Å². The number of allylic oxidation sites excluding steroid dienone is 20. The maximum atomic E-state index is 12.9.